The predicted octanol–water partition coefficient (Wildman–Crippen LogP) is 2.59. The van der Waals surface area contributed by atoms with E-state index in [-0.39, 0.29) is 41.3 Å². The lowest BCUT2D eigenvalue weighted by molar-refractivity contribution is -0.137. The molecule has 160 valence electrons. The summed E-state index contributed by atoms with van der Waals surface area (Å²) in [4.78, 5) is 38.0. The fraction of sp³-hybridized carbons (Fsp3) is 0.550. The van der Waals surface area contributed by atoms with E-state index < -0.39 is 11.7 Å². The third-order valence-electron chi connectivity index (χ3n) is 4.55. The van der Waals surface area contributed by atoms with E-state index in [9.17, 15) is 27.6 Å². The second-order valence-corrected chi connectivity index (χ2v) is 8.16. The average molecular weight is 413 g/mol. The lowest BCUT2D eigenvalue weighted by Crippen LogP contribution is -2.48. The molecule has 1 saturated heterocycles. The Morgan fingerprint density at radius 2 is 1.59 bits per heavy atom. The number of carbonyl (C=O) groups excluding carboxylic acids is 3. The molecule has 0 aromatic heterocycles. The van der Waals surface area contributed by atoms with Gasteiger partial charge in [0.05, 0.1) is 12.1 Å². The normalized spacial score (nSPS) is 15.7. The van der Waals surface area contributed by atoms with Crippen LogP contribution in [0, 0.1) is 5.92 Å². The molecular weight excluding hydrogens is 387 g/mol. The summed E-state index contributed by atoms with van der Waals surface area (Å²) >= 11 is 0. The number of benzene rings is 1. The van der Waals surface area contributed by atoms with Crippen molar-refractivity contribution in [3.05, 3.63) is 35.4 Å². The first kappa shape index (κ1) is 22.7. The van der Waals surface area contributed by atoms with E-state index in [1.165, 1.54) is 4.90 Å². The van der Waals surface area contributed by atoms with Crippen LogP contribution in [-0.4, -0.2) is 47.8 Å². The highest BCUT2D eigenvalue weighted by molar-refractivity contribution is 5.94. The maximum Gasteiger partial charge on any atom is 0.416 e. The quantitative estimate of drug-likeness (QED) is 0.797. The molecular formula is C20H26F3N3O3. The van der Waals surface area contributed by atoms with Gasteiger partial charge in [0.25, 0.3) is 5.91 Å². The molecule has 0 radical (unpaired) electrons. The summed E-state index contributed by atoms with van der Waals surface area (Å²) in [6.07, 6.45) is -3.59. The van der Waals surface area contributed by atoms with Crippen molar-refractivity contribution in [2.45, 2.75) is 45.3 Å². The second kappa shape index (κ2) is 8.84. The zero-order valence-corrected chi connectivity index (χ0v) is 16.7. The number of rotatable bonds is 4. The summed E-state index contributed by atoms with van der Waals surface area (Å²) in [6, 6.07) is 4.10. The second-order valence-electron chi connectivity index (χ2n) is 8.16. The smallest absolute Gasteiger partial charge is 0.350 e. The lowest BCUT2D eigenvalue weighted by atomic mass is 9.95. The molecule has 1 aliphatic heterocycles. The Kier molecular flexibility index (Phi) is 6.92. The first-order chi connectivity index (χ1) is 13.4. The first-order valence-corrected chi connectivity index (χ1v) is 9.42. The van der Waals surface area contributed by atoms with Crippen molar-refractivity contribution in [3.8, 4) is 0 Å². The fourth-order valence-electron chi connectivity index (χ4n) is 3.10. The van der Waals surface area contributed by atoms with Gasteiger partial charge in [0, 0.05) is 30.1 Å². The van der Waals surface area contributed by atoms with Gasteiger partial charge < -0.3 is 15.5 Å². The zero-order chi connectivity index (χ0) is 21.8. The Morgan fingerprint density at radius 1 is 1.03 bits per heavy atom. The van der Waals surface area contributed by atoms with Crippen molar-refractivity contribution < 1.29 is 27.6 Å². The van der Waals surface area contributed by atoms with Crippen LogP contribution in [0.2, 0.25) is 0 Å². The summed E-state index contributed by atoms with van der Waals surface area (Å²) in [5.74, 6) is -1.19. The van der Waals surface area contributed by atoms with E-state index >= 15 is 0 Å². The van der Waals surface area contributed by atoms with E-state index in [0.717, 1.165) is 24.3 Å². The Labute approximate surface area is 167 Å². The summed E-state index contributed by atoms with van der Waals surface area (Å²) in [5, 5.41) is 5.36. The molecule has 29 heavy (non-hydrogen) atoms. The van der Waals surface area contributed by atoms with Crippen LogP contribution in [-0.2, 0) is 15.8 Å². The number of hydrogen-bond acceptors (Lipinski definition) is 3. The van der Waals surface area contributed by atoms with Gasteiger partial charge in [-0.3, -0.25) is 14.4 Å². The molecule has 0 bridgehead atoms. The van der Waals surface area contributed by atoms with E-state index in [2.05, 4.69) is 10.6 Å². The monoisotopic (exact) mass is 413 g/mol. The van der Waals surface area contributed by atoms with E-state index in [1.807, 2.05) is 20.8 Å². The van der Waals surface area contributed by atoms with E-state index in [0.29, 0.717) is 25.9 Å². The Balaban J connectivity index is 1.83. The molecule has 0 spiro atoms. The van der Waals surface area contributed by atoms with Crippen molar-refractivity contribution in [3.63, 3.8) is 0 Å². The van der Waals surface area contributed by atoms with Gasteiger partial charge >= 0.3 is 6.18 Å². The molecule has 3 amide bonds. The largest absolute Gasteiger partial charge is 0.416 e. The molecule has 0 unspecified atom stereocenters. The minimum absolute atomic E-state index is 0.110. The highest BCUT2D eigenvalue weighted by Crippen LogP contribution is 2.29. The maximum absolute atomic E-state index is 12.6. The first-order valence-electron chi connectivity index (χ1n) is 9.42. The molecule has 9 heteroatoms. The third-order valence-corrected chi connectivity index (χ3v) is 4.55. The maximum atomic E-state index is 12.6. The number of nitrogens with zero attached hydrogens (tertiary/aromatic N) is 1. The average Bonchev–Trinajstić information content (AvgIpc) is 2.63. The van der Waals surface area contributed by atoms with Crippen LogP contribution in [0.25, 0.3) is 0 Å². The van der Waals surface area contributed by atoms with Gasteiger partial charge in [-0.15, -0.1) is 0 Å². The summed E-state index contributed by atoms with van der Waals surface area (Å²) in [6.45, 7) is 6.07. The van der Waals surface area contributed by atoms with Crippen LogP contribution in [0.5, 0.6) is 0 Å². The molecule has 0 atom stereocenters. The van der Waals surface area contributed by atoms with E-state index in [4.69, 9.17) is 0 Å². The standard InChI is InChI=1S/C20H26F3N3O3/c1-19(2,3)25-16(27)12-24-17(28)13-8-10-26(11-9-13)18(29)14-4-6-15(7-5-14)20(21,22)23/h4-7,13H,8-12H2,1-3H3,(H,24,28)(H,25,27). The molecule has 1 aliphatic rings. The molecule has 1 aromatic rings. The predicted molar refractivity (Wildman–Crippen MR) is 101 cm³/mol. The third kappa shape index (κ3) is 6.76. The van der Waals surface area contributed by atoms with Crippen LogP contribution in [0.3, 0.4) is 0 Å². The van der Waals surface area contributed by atoms with Crippen molar-refractivity contribution >= 4 is 17.7 Å². The van der Waals surface area contributed by atoms with E-state index in [1.54, 1.807) is 0 Å². The molecule has 1 fully saturated rings. The molecule has 2 N–H and O–H groups in total. The minimum Gasteiger partial charge on any atom is -0.350 e. The molecule has 0 aliphatic carbocycles. The molecule has 1 heterocycles. The van der Waals surface area contributed by atoms with Crippen LogP contribution in [0.4, 0.5) is 13.2 Å². The molecule has 6 nitrogen and oxygen atoms in total. The number of alkyl halides is 3. The SMILES string of the molecule is CC(C)(C)NC(=O)CNC(=O)C1CCN(C(=O)c2ccc(C(F)(F)F)cc2)CC1. The summed E-state index contributed by atoms with van der Waals surface area (Å²) in [5.41, 5.74) is -1.01. The van der Waals surface area contributed by atoms with Gasteiger partial charge in [-0.25, -0.2) is 0 Å². The van der Waals surface area contributed by atoms with Crippen molar-refractivity contribution in [1.82, 2.24) is 15.5 Å². The molecule has 1 aromatic carbocycles. The number of likely N-dealkylation sites (tertiary alicyclic amines) is 1. The number of halogens is 3. The Bertz CT molecular complexity index is 747. The van der Waals surface area contributed by atoms with Gasteiger partial charge in [-0.2, -0.15) is 13.2 Å². The van der Waals surface area contributed by atoms with Gasteiger partial charge in [0.15, 0.2) is 0 Å². The number of piperidine rings is 1. The van der Waals surface area contributed by atoms with Gasteiger partial charge in [0.1, 0.15) is 0 Å². The Hall–Kier alpha value is -2.58. The molecule has 0 saturated carbocycles. The number of carbonyl (C=O) groups is 3. The zero-order valence-electron chi connectivity index (χ0n) is 16.7. The van der Waals surface area contributed by atoms with Gasteiger partial charge in [-0.1, -0.05) is 0 Å². The van der Waals surface area contributed by atoms with Crippen molar-refractivity contribution in [1.29, 1.82) is 0 Å². The van der Waals surface area contributed by atoms with Gasteiger partial charge in [0.2, 0.25) is 11.8 Å². The van der Waals surface area contributed by atoms with Crippen molar-refractivity contribution in [2.75, 3.05) is 19.6 Å². The lowest BCUT2D eigenvalue weighted by Gasteiger charge is -2.31. The van der Waals surface area contributed by atoms with Crippen LogP contribution in [0.15, 0.2) is 24.3 Å². The minimum atomic E-state index is -4.45. The molecule has 2 rings (SSSR count). The van der Waals surface area contributed by atoms with Crippen LogP contribution in [0.1, 0.15) is 49.5 Å². The number of amides is 3. The highest BCUT2D eigenvalue weighted by Gasteiger charge is 2.31. The van der Waals surface area contributed by atoms with Crippen LogP contribution < -0.4 is 10.6 Å². The fourth-order valence-corrected chi connectivity index (χ4v) is 3.10. The van der Waals surface area contributed by atoms with Crippen LogP contribution >= 0.6 is 0 Å². The summed E-state index contributed by atoms with van der Waals surface area (Å²) < 4.78 is 37.9. The number of nitrogens with one attached hydrogen (secondary N) is 2. The highest BCUT2D eigenvalue weighted by atomic mass is 19.4. The van der Waals surface area contributed by atoms with Gasteiger partial charge in [-0.05, 0) is 57.9 Å². The number of hydrogen-bond donors (Lipinski definition) is 2. The van der Waals surface area contributed by atoms with Crippen molar-refractivity contribution in [2.24, 2.45) is 5.92 Å². The topological polar surface area (TPSA) is 78.5 Å². The Morgan fingerprint density at radius 3 is 2.07 bits per heavy atom. The summed E-state index contributed by atoms with van der Waals surface area (Å²) in [7, 11) is 0.